The SMILES string of the molecule is CC/C=C\C/C=C\C/C=C\C/C=C\C/C=C\C/C=C\CCC(=O)OC1C(OCC(NC(=O)C(O)CCCCCCCCCCC/C=C\C/C=C\C/C=C\CCCCC)C(O)/C=C/CCCCCCCCCCCC)OC(CO)C(O)C1O. The molecule has 8 atom stereocenters. The van der Waals surface area contributed by atoms with E-state index < -0.39 is 67.4 Å². The largest absolute Gasteiger partial charge is 0.454 e. The van der Waals surface area contributed by atoms with Gasteiger partial charge in [-0.1, -0.05) is 264 Å². The highest BCUT2D eigenvalue weighted by Gasteiger charge is 2.47. The molecule has 0 aromatic carbocycles. The van der Waals surface area contributed by atoms with E-state index in [0.29, 0.717) is 19.3 Å². The summed E-state index contributed by atoms with van der Waals surface area (Å²) in [6.45, 7) is 5.61. The molecular formula is C71H119NO10. The van der Waals surface area contributed by atoms with Gasteiger partial charge >= 0.3 is 5.97 Å². The average Bonchev–Trinajstić information content (AvgIpc) is 3.44. The van der Waals surface area contributed by atoms with Crippen LogP contribution in [-0.4, -0.2) is 99.6 Å². The summed E-state index contributed by atoms with van der Waals surface area (Å²) < 4.78 is 17.6. The second kappa shape index (κ2) is 57.5. The summed E-state index contributed by atoms with van der Waals surface area (Å²) in [5, 5.41) is 57.1. The van der Waals surface area contributed by atoms with Crippen molar-refractivity contribution in [2.45, 2.75) is 301 Å². The molecule has 0 saturated carbocycles. The van der Waals surface area contributed by atoms with Crippen LogP contribution in [0, 0.1) is 0 Å². The molecule has 468 valence electrons. The van der Waals surface area contributed by atoms with Crippen LogP contribution >= 0.6 is 0 Å². The molecule has 0 radical (unpaired) electrons. The van der Waals surface area contributed by atoms with Crippen LogP contribution in [0.3, 0.4) is 0 Å². The number of esters is 1. The molecule has 0 aliphatic carbocycles. The maximum Gasteiger partial charge on any atom is 0.306 e. The van der Waals surface area contributed by atoms with Gasteiger partial charge in [0.2, 0.25) is 5.91 Å². The molecule has 1 fully saturated rings. The predicted octanol–water partition coefficient (Wildman–Crippen LogP) is 16.2. The number of hydrogen-bond acceptors (Lipinski definition) is 10. The van der Waals surface area contributed by atoms with Crippen molar-refractivity contribution in [3.05, 3.63) is 122 Å². The lowest BCUT2D eigenvalue weighted by Crippen LogP contribution is -2.61. The van der Waals surface area contributed by atoms with Gasteiger partial charge in [0.25, 0.3) is 0 Å². The van der Waals surface area contributed by atoms with Gasteiger partial charge in [-0.3, -0.25) is 9.59 Å². The molecule has 0 spiro atoms. The number of rotatable bonds is 54. The minimum absolute atomic E-state index is 0.00801. The van der Waals surface area contributed by atoms with Gasteiger partial charge in [0, 0.05) is 6.42 Å². The Labute approximate surface area is 500 Å². The summed E-state index contributed by atoms with van der Waals surface area (Å²) in [5.41, 5.74) is 0. The number of aliphatic hydroxyl groups excluding tert-OH is 5. The van der Waals surface area contributed by atoms with Gasteiger partial charge in [-0.05, 0) is 103 Å². The molecule has 0 aromatic rings. The smallest absolute Gasteiger partial charge is 0.306 e. The summed E-state index contributed by atoms with van der Waals surface area (Å²) in [7, 11) is 0. The Hall–Kier alpha value is -3.94. The highest BCUT2D eigenvalue weighted by molar-refractivity contribution is 5.80. The molecule has 0 bridgehead atoms. The number of allylic oxidation sites excluding steroid dienone is 19. The van der Waals surface area contributed by atoms with Crippen LogP contribution < -0.4 is 5.32 Å². The van der Waals surface area contributed by atoms with Crippen LogP contribution in [0.1, 0.15) is 252 Å². The Morgan fingerprint density at radius 2 is 0.878 bits per heavy atom. The van der Waals surface area contributed by atoms with E-state index in [2.05, 4.69) is 123 Å². The molecule has 1 rings (SSSR count). The maximum absolute atomic E-state index is 13.5. The monoisotopic (exact) mass is 1150 g/mol. The summed E-state index contributed by atoms with van der Waals surface area (Å²) in [6.07, 6.45) is 69.6. The minimum atomic E-state index is -1.65. The number of hydrogen-bond donors (Lipinski definition) is 6. The zero-order chi connectivity index (χ0) is 59.6. The van der Waals surface area contributed by atoms with Crippen molar-refractivity contribution in [2.75, 3.05) is 13.2 Å². The van der Waals surface area contributed by atoms with Gasteiger partial charge < -0.3 is 45.1 Å². The number of amides is 1. The first kappa shape index (κ1) is 76.1. The number of aliphatic hydroxyl groups is 5. The van der Waals surface area contributed by atoms with E-state index >= 15 is 0 Å². The van der Waals surface area contributed by atoms with Crippen molar-refractivity contribution in [3.63, 3.8) is 0 Å². The van der Waals surface area contributed by atoms with Gasteiger partial charge in [0.05, 0.1) is 25.4 Å². The van der Waals surface area contributed by atoms with Crippen molar-refractivity contribution < 1.29 is 49.3 Å². The Morgan fingerprint density at radius 1 is 0.488 bits per heavy atom. The Kier molecular flexibility index (Phi) is 53.3. The van der Waals surface area contributed by atoms with Gasteiger partial charge in [-0.15, -0.1) is 0 Å². The van der Waals surface area contributed by atoms with Gasteiger partial charge in [0.1, 0.15) is 24.4 Å². The van der Waals surface area contributed by atoms with Gasteiger partial charge in [-0.2, -0.15) is 0 Å². The first-order valence-corrected chi connectivity index (χ1v) is 32.8. The van der Waals surface area contributed by atoms with Gasteiger partial charge in [-0.25, -0.2) is 0 Å². The standard InChI is InChI=1S/C71H119NO10/c1-4-7-10-13-16-19-22-25-27-29-31-32-33-35-36-38-40-43-46-49-52-55-58-64(75)70(79)72-62(63(74)57-54-51-48-45-42-24-21-18-15-12-9-6-3)61-80-71-69(68(78)67(77)65(60-73)81-71)82-66(76)59-56-53-50-47-44-41-39-37-34-30-28-26-23-20-17-14-11-8-5-2/h8,11,16-17,19-20,25-28,31-32,34,37,41,44,50,53-54,57,62-65,67-69,71,73-75,77-78H,4-7,9-10,12-15,18,21-24,29-30,33,35-36,38-40,42-43,45-49,51-52,55-56,58-61H2,1-3H3,(H,72,79)/b11-8-,19-16-,20-17-,27-25-,28-26-,32-31-,37-34-,44-41-,53-50-,57-54+. The number of ether oxygens (including phenoxy) is 3. The molecule has 1 heterocycles. The average molecular weight is 1150 g/mol. The molecule has 0 aromatic heterocycles. The van der Waals surface area contributed by atoms with Crippen LogP contribution in [0.25, 0.3) is 0 Å². The highest BCUT2D eigenvalue weighted by atomic mass is 16.7. The fourth-order valence-corrected chi connectivity index (χ4v) is 9.45. The number of unbranched alkanes of at least 4 members (excludes halogenated alkanes) is 22. The lowest BCUT2D eigenvalue weighted by Gasteiger charge is -2.41. The Morgan fingerprint density at radius 3 is 1.34 bits per heavy atom. The zero-order valence-corrected chi connectivity index (χ0v) is 51.8. The van der Waals surface area contributed by atoms with Crippen LogP contribution in [0.4, 0.5) is 0 Å². The minimum Gasteiger partial charge on any atom is -0.454 e. The van der Waals surface area contributed by atoms with Crippen molar-refractivity contribution >= 4 is 11.9 Å². The first-order chi connectivity index (χ1) is 40.2. The topological polar surface area (TPSA) is 175 Å². The normalized spacial score (nSPS) is 19.4. The molecule has 82 heavy (non-hydrogen) atoms. The van der Waals surface area contributed by atoms with Crippen molar-refractivity contribution in [2.24, 2.45) is 0 Å². The fourth-order valence-electron chi connectivity index (χ4n) is 9.45. The van der Waals surface area contributed by atoms with Crippen LogP contribution in [0.5, 0.6) is 0 Å². The molecule has 1 aliphatic heterocycles. The van der Waals surface area contributed by atoms with Crippen molar-refractivity contribution in [1.82, 2.24) is 5.32 Å². The Bertz CT molecular complexity index is 1800. The summed E-state index contributed by atoms with van der Waals surface area (Å²) in [5.74, 6) is -1.29. The molecule has 6 N–H and O–H groups in total. The molecule has 1 saturated heterocycles. The van der Waals surface area contributed by atoms with Crippen molar-refractivity contribution in [3.8, 4) is 0 Å². The zero-order valence-electron chi connectivity index (χ0n) is 51.8. The van der Waals surface area contributed by atoms with E-state index in [1.165, 1.54) is 103 Å². The molecule has 11 heteroatoms. The van der Waals surface area contributed by atoms with E-state index in [0.717, 1.165) is 96.3 Å². The second-order valence-corrected chi connectivity index (χ2v) is 22.1. The lowest BCUT2D eigenvalue weighted by atomic mass is 9.99. The Balaban J connectivity index is 2.69. The number of nitrogens with one attached hydrogen (secondary N) is 1. The van der Waals surface area contributed by atoms with Crippen molar-refractivity contribution in [1.29, 1.82) is 0 Å². The van der Waals surface area contributed by atoms with E-state index in [1.807, 2.05) is 18.2 Å². The van der Waals surface area contributed by atoms with E-state index in [-0.39, 0.29) is 19.4 Å². The summed E-state index contributed by atoms with van der Waals surface area (Å²) in [6, 6.07) is -1.05. The van der Waals surface area contributed by atoms with Crippen LogP contribution in [0.15, 0.2) is 122 Å². The molecule has 1 aliphatic rings. The number of carbonyl (C=O) groups excluding carboxylic acids is 2. The molecular weight excluding hydrogens is 1030 g/mol. The third kappa shape index (κ3) is 44.6. The third-order valence-electron chi connectivity index (χ3n) is 14.6. The second-order valence-electron chi connectivity index (χ2n) is 22.1. The van der Waals surface area contributed by atoms with E-state index in [4.69, 9.17) is 14.2 Å². The lowest BCUT2D eigenvalue weighted by molar-refractivity contribution is -0.305. The highest BCUT2D eigenvalue weighted by Crippen LogP contribution is 2.26. The van der Waals surface area contributed by atoms with E-state index in [9.17, 15) is 35.1 Å². The molecule has 11 nitrogen and oxygen atoms in total. The maximum atomic E-state index is 13.5. The quantitative estimate of drug-likeness (QED) is 0.0195. The summed E-state index contributed by atoms with van der Waals surface area (Å²) in [4.78, 5) is 26.6. The third-order valence-corrected chi connectivity index (χ3v) is 14.6. The predicted molar refractivity (Wildman–Crippen MR) is 342 cm³/mol. The van der Waals surface area contributed by atoms with E-state index in [1.54, 1.807) is 6.08 Å². The first-order valence-electron chi connectivity index (χ1n) is 32.8. The van der Waals surface area contributed by atoms with Crippen LogP contribution in [0.2, 0.25) is 0 Å². The summed E-state index contributed by atoms with van der Waals surface area (Å²) >= 11 is 0. The number of carbonyl (C=O) groups is 2. The van der Waals surface area contributed by atoms with Gasteiger partial charge in [0.15, 0.2) is 12.4 Å². The fraction of sp³-hybridized carbons (Fsp3) is 0.690. The van der Waals surface area contributed by atoms with Crippen LogP contribution in [-0.2, 0) is 23.8 Å². The molecule has 1 amide bonds. The molecule has 8 unspecified atom stereocenters.